The van der Waals surface area contributed by atoms with Gasteiger partial charge in [-0.05, 0) is 13.8 Å². The maximum Gasteiger partial charge on any atom is 0.158 e. The average Bonchev–Trinajstić information content (AvgIpc) is 1.63. The van der Waals surface area contributed by atoms with Crippen LogP contribution in [-0.2, 0) is 9.59 Å². The van der Waals surface area contributed by atoms with E-state index in [4.69, 9.17) is 5.11 Å². The number of rotatable bonds is 3. The van der Waals surface area contributed by atoms with Crippen molar-refractivity contribution in [3.05, 3.63) is 0 Å². The van der Waals surface area contributed by atoms with Gasteiger partial charge < -0.3 is 5.11 Å². The summed E-state index contributed by atoms with van der Waals surface area (Å²) in [7, 11) is 0. The van der Waals surface area contributed by atoms with Crippen LogP contribution in [0.15, 0.2) is 0 Å². The lowest BCUT2D eigenvalue weighted by atomic mass is 10.1. The fourth-order valence-electron chi connectivity index (χ4n) is 0.416. The van der Waals surface area contributed by atoms with Gasteiger partial charge in [0, 0.05) is 6.42 Å². The van der Waals surface area contributed by atoms with Gasteiger partial charge in [-0.25, -0.2) is 0 Å². The quantitative estimate of drug-likeness (QED) is 0.581. The third-order valence-electron chi connectivity index (χ3n) is 0.950. The fraction of sp³-hybridized carbons (Fsp3) is 0.667. The Kier molecular flexibility index (Phi) is 3.09. The zero-order valence-electron chi connectivity index (χ0n) is 5.55. The zero-order valence-corrected chi connectivity index (χ0v) is 5.55. The van der Waals surface area contributed by atoms with Crippen LogP contribution >= 0.6 is 0 Å². The SMILES string of the molecule is CC(=O)C[C@@H](O)C(C)=O. The monoisotopic (exact) mass is 130 g/mol. The van der Waals surface area contributed by atoms with Crippen LogP contribution < -0.4 is 0 Å². The zero-order chi connectivity index (χ0) is 7.44. The highest BCUT2D eigenvalue weighted by molar-refractivity contribution is 5.86. The fourth-order valence-corrected chi connectivity index (χ4v) is 0.416. The first-order chi connectivity index (χ1) is 4.04. The number of carbonyl (C=O) groups excluding carboxylic acids is 2. The molecule has 0 aromatic carbocycles. The predicted molar refractivity (Wildman–Crippen MR) is 32.0 cm³/mol. The van der Waals surface area contributed by atoms with Crippen molar-refractivity contribution in [1.82, 2.24) is 0 Å². The molecular formula is C6H10O3. The number of hydrogen-bond donors (Lipinski definition) is 1. The number of ketones is 2. The highest BCUT2D eigenvalue weighted by Crippen LogP contribution is 1.92. The van der Waals surface area contributed by atoms with Crippen molar-refractivity contribution < 1.29 is 14.7 Å². The Labute approximate surface area is 53.7 Å². The molecule has 0 amide bonds. The van der Waals surface area contributed by atoms with Crippen LogP contribution in [-0.4, -0.2) is 22.8 Å². The number of Topliss-reactive ketones (excluding diaryl/α,β-unsaturated/α-hetero) is 2. The second kappa shape index (κ2) is 3.35. The molecule has 1 N–H and O–H groups in total. The first-order valence-electron chi connectivity index (χ1n) is 2.72. The second-order valence-electron chi connectivity index (χ2n) is 2.03. The summed E-state index contributed by atoms with van der Waals surface area (Å²) in [6.07, 6.45) is -1.16. The highest BCUT2D eigenvalue weighted by atomic mass is 16.3. The first-order valence-corrected chi connectivity index (χ1v) is 2.72. The lowest BCUT2D eigenvalue weighted by molar-refractivity contribution is -0.129. The average molecular weight is 130 g/mol. The van der Waals surface area contributed by atoms with E-state index in [0.717, 1.165) is 0 Å². The van der Waals surface area contributed by atoms with Gasteiger partial charge in [-0.1, -0.05) is 0 Å². The van der Waals surface area contributed by atoms with E-state index in [-0.39, 0.29) is 18.0 Å². The molecule has 0 spiro atoms. The summed E-state index contributed by atoms with van der Waals surface area (Å²) in [5.74, 6) is -0.525. The number of hydrogen-bond acceptors (Lipinski definition) is 3. The van der Waals surface area contributed by atoms with E-state index < -0.39 is 6.10 Å². The van der Waals surface area contributed by atoms with Crippen molar-refractivity contribution in [1.29, 1.82) is 0 Å². The molecule has 0 unspecified atom stereocenters. The standard InChI is InChI=1S/C6H10O3/c1-4(7)3-6(9)5(2)8/h6,9H,3H2,1-2H3/t6-/m1/s1. The van der Waals surface area contributed by atoms with E-state index in [9.17, 15) is 9.59 Å². The summed E-state index contributed by atoms with van der Waals surface area (Å²) in [6, 6.07) is 0. The van der Waals surface area contributed by atoms with Crippen LogP contribution in [0.2, 0.25) is 0 Å². The van der Waals surface area contributed by atoms with E-state index in [1.165, 1.54) is 13.8 Å². The molecule has 0 aliphatic carbocycles. The molecule has 9 heavy (non-hydrogen) atoms. The molecule has 3 nitrogen and oxygen atoms in total. The van der Waals surface area contributed by atoms with Gasteiger partial charge in [0.15, 0.2) is 5.78 Å². The Balaban J connectivity index is 3.63. The summed E-state index contributed by atoms with van der Waals surface area (Å²) >= 11 is 0. The maximum atomic E-state index is 10.3. The van der Waals surface area contributed by atoms with Gasteiger partial charge in [-0.15, -0.1) is 0 Å². The normalized spacial score (nSPS) is 12.8. The molecule has 52 valence electrons. The van der Waals surface area contributed by atoms with E-state index in [1.54, 1.807) is 0 Å². The number of aliphatic hydroxyl groups is 1. The Morgan fingerprint density at radius 2 is 1.89 bits per heavy atom. The molecule has 0 rings (SSSR count). The lowest BCUT2D eigenvalue weighted by Gasteiger charge is -2.00. The number of aliphatic hydroxyl groups excluding tert-OH is 1. The Bertz CT molecular complexity index is 128. The summed E-state index contributed by atoms with van der Waals surface area (Å²) in [4.78, 5) is 20.5. The van der Waals surface area contributed by atoms with Crippen molar-refractivity contribution in [2.24, 2.45) is 0 Å². The van der Waals surface area contributed by atoms with Gasteiger partial charge in [0.1, 0.15) is 11.9 Å². The van der Waals surface area contributed by atoms with E-state index >= 15 is 0 Å². The Morgan fingerprint density at radius 1 is 1.44 bits per heavy atom. The van der Waals surface area contributed by atoms with Gasteiger partial charge in [-0.2, -0.15) is 0 Å². The van der Waals surface area contributed by atoms with Crippen molar-refractivity contribution in [3.8, 4) is 0 Å². The van der Waals surface area contributed by atoms with Crippen molar-refractivity contribution >= 4 is 11.6 Å². The molecule has 0 bridgehead atoms. The van der Waals surface area contributed by atoms with Gasteiger partial charge in [0.2, 0.25) is 0 Å². The molecule has 0 heterocycles. The summed E-state index contributed by atoms with van der Waals surface area (Å²) in [6.45, 7) is 2.60. The first kappa shape index (κ1) is 8.30. The smallest absolute Gasteiger partial charge is 0.158 e. The highest BCUT2D eigenvalue weighted by Gasteiger charge is 2.10. The van der Waals surface area contributed by atoms with Crippen molar-refractivity contribution in [3.63, 3.8) is 0 Å². The minimum Gasteiger partial charge on any atom is -0.385 e. The minimum absolute atomic E-state index is 0.0602. The molecule has 0 aromatic heterocycles. The van der Waals surface area contributed by atoms with Gasteiger partial charge in [0.05, 0.1) is 0 Å². The molecule has 0 aromatic rings. The molecule has 0 aliphatic rings. The third kappa shape index (κ3) is 3.85. The van der Waals surface area contributed by atoms with Crippen LogP contribution in [0.25, 0.3) is 0 Å². The van der Waals surface area contributed by atoms with E-state index in [2.05, 4.69) is 0 Å². The summed E-state index contributed by atoms with van der Waals surface area (Å²) < 4.78 is 0. The number of carbonyl (C=O) groups is 2. The van der Waals surface area contributed by atoms with Gasteiger partial charge >= 0.3 is 0 Å². The van der Waals surface area contributed by atoms with Crippen LogP contribution in [0.1, 0.15) is 20.3 Å². The predicted octanol–water partition coefficient (Wildman–Crippen LogP) is -0.0846. The Morgan fingerprint density at radius 3 is 2.00 bits per heavy atom. The largest absolute Gasteiger partial charge is 0.385 e. The van der Waals surface area contributed by atoms with E-state index in [1.807, 2.05) is 0 Å². The van der Waals surface area contributed by atoms with Crippen LogP contribution in [0.4, 0.5) is 0 Å². The molecule has 0 fully saturated rings. The molecule has 0 radical (unpaired) electrons. The Hall–Kier alpha value is -0.700. The molecule has 1 atom stereocenters. The van der Waals surface area contributed by atoms with Gasteiger partial charge in [-0.3, -0.25) is 9.59 Å². The van der Waals surface area contributed by atoms with Crippen LogP contribution in [0.5, 0.6) is 0 Å². The summed E-state index contributed by atoms with van der Waals surface area (Å²) in [5.41, 5.74) is 0. The van der Waals surface area contributed by atoms with E-state index in [0.29, 0.717) is 0 Å². The molecular weight excluding hydrogens is 120 g/mol. The van der Waals surface area contributed by atoms with Crippen molar-refractivity contribution in [2.45, 2.75) is 26.4 Å². The molecule has 3 heteroatoms. The maximum absolute atomic E-state index is 10.3. The third-order valence-corrected chi connectivity index (χ3v) is 0.950. The molecule has 0 saturated carbocycles. The minimum atomic E-state index is -1.09. The topological polar surface area (TPSA) is 54.4 Å². The van der Waals surface area contributed by atoms with Crippen LogP contribution in [0, 0.1) is 0 Å². The summed E-state index contributed by atoms with van der Waals surface area (Å²) in [5, 5.41) is 8.73. The van der Waals surface area contributed by atoms with Crippen molar-refractivity contribution in [2.75, 3.05) is 0 Å². The molecule has 0 saturated heterocycles. The van der Waals surface area contributed by atoms with Gasteiger partial charge in [0.25, 0.3) is 0 Å². The lowest BCUT2D eigenvalue weighted by Crippen LogP contribution is -2.19. The molecule has 0 aliphatic heterocycles. The second-order valence-corrected chi connectivity index (χ2v) is 2.03. The van der Waals surface area contributed by atoms with Crippen LogP contribution in [0.3, 0.4) is 0 Å².